The fourth-order valence-corrected chi connectivity index (χ4v) is 3.03. The highest BCUT2D eigenvalue weighted by Gasteiger charge is 2.20. The number of benzene rings is 1. The van der Waals surface area contributed by atoms with Crippen LogP contribution in [0.5, 0.6) is 0 Å². The summed E-state index contributed by atoms with van der Waals surface area (Å²) in [7, 11) is 2.03. The second-order valence-electron chi connectivity index (χ2n) is 5.76. The van der Waals surface area contributed by atoms with Gasteiger partial charge in [0.25, 0.3) is 0 Å². The lowest BCUT2D eigenvalue weighted by atomic mass is 9.98. The summed E-state index contributed by atoms with van der Waals surface area (Å²) in [6.45, 7) is 4.32. The molecule has 0 bridgehead atoms. The highest BCUT2D eigenvalue weighted by Crippen LogP contribution is 2.17. The summed E-state index contributed by atoms with van der Waals surface area (Å²) >= 11 is 0. The number of nitrogens with one attached hydrogen (secondary N) is 1. The van der Waals surface area contributed by atoms with E-state index < -0.39 is 0 Å². The first kappa shape index (κ1) is 14.2. The Morgan fingerprint density at radius 2 is 2.14 bits per heavy atom. The number of rotatable bonds is 5. The summed E-state index contributed by atoms with van der Waals surface area (Å²) in [6, 6.07) is 10.1. The number of likely N-dealkylation sites (tertiary alicyclic amines) is 1. The molecule has 0 saturated carbocycles. The first-order chi connectivity index (χ1) is 10.3. The molecular formula is C16H23N5. The van der Waals surface area contributed by atoms with Gasteiger partial charge in [-0.25, -0.2) is 0 Å². The molecular weight excluding hydrogens is 262 g/mol. The van der Waals surface area contributed by atoms with Crippen LogP contribution in [0.1, 0.15) is 18.5 Å². The Morgan fingerprint density at radius 1 is 1.29 bits per heavy atom. The van der Waals surface area contributed by atoms with Crippen LogP contribution in [0.2, 0.25) is 0 Å². The lowest BCUT2D eigenvalue weighted by Crippen LogP contribution is -2.38. The van der Waals surface area contributed by atoms with Gasteiger partial charge in [-0.15, -0.1) is 0 Å². The van der Waals surface area contributed by atoms with Gasteiger partial charge in [0.15, 0.2) is 0 Å². The van der Waals surface area contributed by atoms with Crippen molar-refractivity contribution in [1.82, 2.24) is 25.2 Å². The van der Waals surface area contributed by atoms with Crippen molar-refractivity contribution < 1.29 is 0 Å². The number of nitrogens with zero attached hydrogens (tertiary/aromatic N) is 4. The van der Waals surface area contributed by atoms with Crippen LogP contribution in [0.4, 0.5) is 0 Å². The quantitative estimate of drug-likeness (QED) is 0.908. The molecule has 1 fully saturated rings. The third kappa shape index (κ3) is 3.68. The van der Waals surface area contributed by atoms with Crippen LogP contribution < -0.4 is 5.32 Å². The zero-order valence-electron chi connectivity index (χ0n) is 12.6. The molecule has 5 heteroatoms. The third-order valence-corrected chi connectivity index (χ3v) is 4.01. The van der Waals surface area contributed by atoms with Crippen molar-refractivity contribution in [3.05, 3.63) is 42.2 Å². The summed E-state index contributed by atoms with van der Waals surface area (Å²) in [5, 5.41) is 12.3. The van der Waals surface area contributed by atoms with E-state index in [4.69, 9.17) is 0 Å². The van der Waals surface area contributed by atoms with Gasteiger partial charge in [0.1, 0.15) is 0 Å². The van der Waals surface area contributed by atoms with Crippen molar-refractivity contribution in [2.45, 2.75) is 19.4 Å². The van der Waals surface area contributed by atoms with Gasteiger partial charge in [-0.3, -0.25) is 4.90 Å². The summed E-state index contributed by atoms with van der Waals surface area (Å²) < 4.78 is 0. The Labute approximate surface area is 126 Å². The van der Waals surface area contributed by atoms with E-state index in [1.807, 2.05) is 43.6 Å². The van der Waals surface area contributed by atoms with E-state index in [2.05, 4.69) is 20.4 Å². The van der Waals surface area contributed by atoms with Crippen LogP contribution >= 0.6 is 0 Å². The fourth-order valence-electron chi connectivity index (χ4n) is 3.03. The first-order valence-electron chi connectivity index (χ1n) is 7.69. The minimum absolute atomic E-state index is 0.757. The fraction of sp³-hybridized carbons (Fsp3) is 0.500. The molecule has 1 N–H and O–H groups in total. The molecule has 112 valence electrons. The van der Waals surface area contributed by atoms with E-state index in [-0.39, 0.29) is 0 Å². The minimum Gasteiger partial charge on any atom is -0.319 e. The Morgan fingerprint density at radius 3 is 2.95 bits per heavy atom. The molecule has 1 unspecified atom stereocenters. The number of hydrogen-bond acceptors (Lipinski definition) is 4. The maximum Gasteiger partial charge on any atom is 0.0971 e. The molecule has 1 aromatic heterocycles. The molecule has 2 aromatic rings. The van der Waals surface area contributed by atoms with Crippen molar-refractivity contribution in [3.63, 3.8) is 0 Å². The standard InChI is InChI=1S/C16H23N5/c1-17-10-14-6-5-9-20(12-14)13-15-11-18-21(19-15)16-7-3-2-4-8-16/h2-4,7-8,11,14,17H,5-6,9-10,12-13H2,1H3. The molecule has 0 spiro atoms. The molecule has 0 aliphatic carbocycles. The Bertz CT molecular complexity index is 549. The lowest BCUT2D eigenvalue weighted by molar-refractivity contribution is 0.165. The molecule has 1 atom stereocenters. The molecule has 2 heterocycles. The van der Waals surface area contributed by atoms with Crippen molar-refractivity contribution >= 4 is 0 Å². The van der Waals surface area contributed by atoms with Crippen LogP contribution in [0.25, 0.3) is 5.69 Å². The van der Waals surface area contributed by atoms with E-state index in [0.717, 1.165) is 36.9 Å². The average molecular weight is 285 g/mol. The average Bonchev–Trinajstić information content (AvgIpc) is 2.97. The SMILES string of the molecule is CNCC1CCCN(Cc2cnn(-c3ccccc3)n2)C1. The number of piperidine rings is 1. The second kappa shape index (κ2) is 6.83. The van der Waals surface area contributed by atoms with Gasteiger partial charge in [-0.1, -0.05) is 18.2 Å². The van der Waals surface area contributed by atoms with E-state index >= 15 is 0 Å². The third-order valence-electron chi connectivity index (χ3n) is 4.01. The number of aromatic nitrogens is 3. The van der Waals surface area contributed by atoms with E-state index in [9.17, 15) is 0 Å². The zero-order valence-corrected chi connectivity index (χ0v) is 12.6. The van der Waals surface area contributed by atoms with Crippen LogP contribution in [-0.2, 0) is 6.54 Å². The van der Waals surface area contributed by atoms with Gasteiger partial charge in [0.2, 0.25) is 0 Å². The molecule has 1 saturated heterocycles. The molecule has 1 aliphatic rings. The molecule has 21 heavy (non-hydrogen) atoms. The number of hydrogen-bond donors (Lipinski definition) is 1. The molecule has 3 rings (SSSR count). The minimum atomic E-state index is 0.757. The monoisotopic (exact) mass is 285 g/mol. The Hall–Kier alpha value is -1.72. The van der Waals surface area contributed by atoms with Gasteiger partial charge in [-0.2, -0.15) is 15.0 Å². The molecule has 0 amide bonds. The predicted octanol–water partition coefficient (Wildman–Crippen LogP) is 1.70. The smallest absolute Gasteiger partial charge is 0.0971 e. The summed E-state index contributed by atoms with van der Waals surface area (Å²) in [6.07, 6.45) is 4.49. The number of para-hydroxylation sites is 1. The second-order valence-corrected chi connectivity index (χ2v) is 5.76. The topological polar surface area (TPSA) is 46.0 Å². The van der Waals surface area contributed by atoms with Crippen LogP contribution in [0, 0.1) is 5.92 Å². The maximum atomic E-state index is 4.59. The first-order valence-corrected chi connectivity index (χ1v) is 7.69. The van der Waals surface area contributed by atoms with E-state index in [0.29, 0.717) is 0 Å². The van der Waals surface area contributed by atoms with Gasteiger partial charge < -0.3 is 5.32 Å². The van der Waals surface area contributed by atoms with Crippen molar-refractivity contribution in [1.29, 1.82) is 0 Å². The highest BCUT2D eigenvalue weighted by molar-refractivity contribution is 5.28. The van der Waals surface area contributed by atoms with Gasteiger partial charge in [0, 0.05) is 13.1 Å². The predicted molar refractivity (Wildman–Crippen MR) is 83.3 cm³/mol. The van der Waals surface area contributed by atoms with Crippen LogP contribution in [0.3, 0.4) is 0 Å². The highest BCUT2D eigenvalue weighted by atomic mass is 15.5. The lowest BCUT2D eigenvalue weighted by Gasteiger charge is -2.31. The summed E-state index contributed by atoms with van der Waals surface area (Å²) in [5.74, 6) is 0.757. The van der Waals surface area contributed by atoms with E-state index in [1.165, 1.54) is 19.4 Å². The van der Waals surface area contributed by atoms with Gasteiger partial charge in [-0.05, 0) is 51.0 Å². The molecule has 5 nitrogen and oxygen atoms in total. The largest absolute Gasteiger partial charge is 0.319 e. The van der Waals surface area contributed by atoms with Gasteiger partial charge in [0.05, 0.1) is 17.6 Å². The molecule has 1 aromatic carbocycles. The van der Waals surface area contributed by atoms with E-state index in [1.54, 1.807) is 4.80 Å². The Kier molecular flexibility index (Phi) is 4.62. The summed E-state index contributed by atoms with van der Waals surface area (Å²) in [4.78, 5) is 4.20. The van der Waals surface area contributed by atoms with Crippen LogP contribution in [-0.4, -0.2) is 46.6 Å². The maximum absolute atomic E-state index is 4.59. The molecule has 0 radical (unpaired) electrons. The van der Waals surface area contributed by atoms with Gasteiger partial charge >= 0.3 is 0 Å². The Balaban J connectivity index is 1.62. The zero-order chi connectivity index (χ0) is 14.5. The normalized spacial score (nSPS) is 19.8. The summed E-state index contributed by atoms with van der Waals surface area (Å²) in [5.41, 5.74) is 2.06. The molecule has 1 aliphatic heterocycles. The van der Waals surface area contributed by atoms with Crippen molar-refractivity contribution in [3.8, 4) is 5.69 Å². The van der Waals surface area contributed by atoms with Crippen LogP contribution in [0.15, 0.2) is 36.5 Å². The van der Waals surface area contributed by atoms with Crippen molar-refractivity contribution in [2.75, 3.05) is 26.7 Å². The van der Waals surface area contributed by atoms with Crippen molar-refractivity contribution in [2.24, 2.45) is 5.92 Å².